The van der Waals surface area contributed by atoms with E-state index >= 15 is 0 Å². The lowest BCUT2D eigenvalue weighted by Gasteiger charge is -2.23. The van der Waals surface area contributed by atoms with E-state index in [0.717, 1.165) is 28.6 Å². The summed E-state index contributed by atoms with van der Waals surface area (Å²) < 4.78 is 36.8. The van der Waals surface area contributed by atoms with Crippen LogP contribution in [0.25, 0.3) is 11.2 Å². The number of rotatable bonds is 9. The molecule has 41 heavy (non-hydrogen) atoms. The van der Waals surface area contributed by atoms with E-state index in [1.807, 2.05) is 42.5 Å². The number of nitrogens with two attached hydrogens (primary N) is 1. The Morgan fingerprint density at radius 3 is 2.51 bits per heavy atom. The van der Waals surface area contributed by atoms with Crippen LogP contribution in [0.15, 0.2) is 71.9 Å². The molecule has 0 amide bonds. The second-order valence-electron chi connectivity index (χ2n) is 8.88. The molecule has 0 bridgehead atoms. The number of nitriles is 2. The van der Waals surface area contributed by atoms with E-state index in [1.165, 1.54) is 16.8 Å². The number of hydrogen-bond donors (Lipinski definition) is 2. The zero-order valence-corrected chi connectivity index (χ0v) is 21.3. The van der Waals surface area contributed by atoms with E-state index in [-0.39, 0.29) is 52.8 Å². The van der Waals surface area contributed by atoms with Crippen molar-refractivity contribution in [2.24, 2.45) is 0 Å². The number of nitrogen functional groups attached to an aromatic ring is 1. The highest BCUT2D eigenvalue weighted by atomic mass is 19.1. The minimum absolute atomic E-state index is 0.0111. The Morgan fingerprint density at radius 1 is 1.05 bits per heavy atom. The molecule has 0 saturated carbocycles. The summed E-state index contributed by atoms with van der Waals surface area (Å²) in [6.45, 7) is 0.449. The predicted molar refractivity (Wildman–Crippen MR) is 144 cm³/mol. The molecule has 0 aliphatic heterocycles. The van der Waals surface area contributed by atoms with Crippen LogP contribution in [0.4, 0.5) is 20.4 Å². The van der Waals surface area contributed by atoms with Crippen LogP contribution in [-0.4, -0.2) is 30.8 Å². The molecule has 0 radical (unpaired) electrons. The highest BCUT2D eigenvalue weighted by Crippen LogP contribution is 2.26. The van der Waals surface area contributed by atoms with Crippen molar-refractivity contribution < 1.29 is 13.5 Å². The highest BCUT2D eigenvalue weighted by Gasteiger charge is 2.25. The molecule has 204 valence electrons. The van der Waals surface area contributed by atoms with E-state index in [9.17, 15) is 24.1 Å². The fourth-order valence-corrected chi connectivity index (χ4v) is 4.33. The SMILES string of the molecule is N#Cc1c(N)ncnc1N[C@@H](CCOCc1ccccc1)c1nn2ccc(C#N)c2c(=O)n1-c1cc(F)cc(F)c1. The Bertz CT molecular complexity index is 1850. The first-order valence-electron chi connectivity index (χ1n) is 12.3. The van der Waals surface area contributed by atoms with Crippen molar-refractivity contribution in [3.05, 3.63) is 112 Å². The first kappa shape index (κ1) is 26.9. The lowest BCUT2D eigenvalue weighted by atomic mass is 10.1. The van der Waals surface area contributed by atoms with Gasteiger partial charge in [0.1, 0.15) is 52.8 Å². The van der Waals surface area contributed by atoms with Crippen LogP contribution in [0, 0.1) is 34.3 Å². The predicted octanol–water partition coefficient (Wildman–Crippen LogP) is 3.64. The number of anilines is 2. The smallest absolute Gasteiger partial charge is 0.283 e. The van der Waals surface area contributed by atoms with Gasteiger partial charge in [0, 0.05) is 18.9 Å². The molecule has 13 heteroatoms. The number of benzene rings is 2. The fraction of sp³-hybridized carbons (Fsp3) is 0.143. The quantitative estimate of drug-likeness (QED) is 0.260. The first-order valence-corrected chi connectivity index (χ1v) is 12.3. The summed E-state index contributed by atoms with van der Waals surface area (Å²) in [5.74, 6) is -1.83. The van der Waals surface area contributed by atoms with Crippen LogP contribution in [0.2, 0.25) is 0 Å². The molecular weight excluding hydrogens is 532 g/mol. The van der Waals surface area contributed by atoms with Gasteiger partial charge in [-0.15, -0.1) is 0 Å². The molecule has 5 rings (SSSR count). The lowest BCUT2D eigenvalue weighted by Crippen LogP contribution is -2.31. The maximum absolute atomic E-state index is 14.3. The summed E-state index contributed by atoms with van der Waals surface area (Å²) in [6.07, 6.45) is 2.77. The van der Waals surface area contributed by atoms with Gasteiger partial charge in [-0.05, 0) is 30.2 Å². The van der Waals surface area contributed by atoms with E-state index in [0.29, 0.717) is 12.7 Å². The Kier molecular flexibility index (Phi) is 7.62. The van der Waals surface area contributed by atoms with Gasteiger partial charge < -0.3 is 15.8 Å². The molecule has 0 aliphatic carbocycles. The Morgan fingerprint density at radius 2 is 1.80 bits per heavy atom. The number of aromatic nitrogens is 5. The summed E-state index contributed by atoms with van der Waals surface area (Å²) in [7, 11) is 0. The Hall–Kier alpha value is -5.66. The second kappa shape index (κ2) is 11.6. The molecule has 0 spiro atoms. The molecule has 0 fully saturated rings. The van der Waals surface area contributed by atoms with Gasteiger partial charge in [-0.25, -0.2) is 23.3 Å². The summed E-state index contributed by atoms with van der Waals surface area (Å²) in [4.78, 5) is 21.8. The van der Waals surface area contributed by atoms with Crippen LogP contribution in [0.1, 0.15) is 35.0 Å². The monoisotopic (exact) mass is 553 g/mol. The van der Waals surface area contributed by atoms with Crippen molar-refractivity contribution in [2.75, 3.05) is 17.7 Å². The van der Waals surface area contributed by atoms with Crippen LogP contribution in [0.3, 0.4) is 0 Å². The molecule has 0 aliphatic rings. The van der Waals surface area contributed by atoms with Gasteiger partial charge in [0.05, 0.1) is 23.9 Å². The summed E-state index contributed by atoms with van der Waals surface area (Å²) >= 11 is 0. The second-order valence-corrected chi connectivity index (χ2v) is 8.88. The topological polar surface area (TPSA) is 160 Å². The van der Waals surface area contributed by atoms with Crippen LogP contribution >= 0.6 is 0 Å². The first-order chi connectivity index (χ1) is 19.9. The molecule has 11 nitrogen and oxygen atoms in total. The van der Waals surface area contributed by atoms with Crippen LogP contribution < -0.4 is 16.6 Å². The average Bonchev–Trinajstić information content (AvgIpc) is 3.38. The highest BCUT2D eigenvalue weighted by molar-refractivity contribution is 5.63. The molecule has 1 atom stereocenters. The van der Waals surface area contributed by atoms with E-state index in [2.05, 4.69) is 20.4 Å². The molecule has 3 heterocycles. The maximum Gasteiger partial charge on any atom is 0.283 e. The molecule has 2 aromatic carbocycles. The van der Waals surface area contributed by atoms with Crippen molar-refractivity contribution in [2.45, 2.75) is 19.1 Å². The van der Waals surface area contributed by atoms with E-state index in [1.54, 1.807) is 0 Å². The van der Waals surface area contributed by atoms with Crippen LogP contribution in [-0.2, 0) is 11.3 Å². The van der Waals surface area contributed by atoms with Gasteiger partial charge in [-0.2, -0.15) is 15.6 Å². The summed E-state index contributed by atoms with van der Waals surface area (Å²) in [5.41, 5.74) is 5.84. The zero-order valence-electron chi connectivity index (χ0n) is 21.3. The lowest BCUT2D eigenvalue weighted by molar-refractivity contribution is 0.114. The molecule has 0 unspecified atom stereocenters. The molecule has 0 saturated heterocycles. The molecular formula is C28H21F2N9O2. The van der Waals surface area contributed by atoms with Crippen molar-refractivity contribution in [3.8, 4) is 17.8 Å². The van der Waals surface area contributed by atoms with Gasteiger partial charge >= 0.3 is 0 Å². The molecule has 3 aromatic heterocycles. The normalized spacial score (nSPS) is 11.6. The third-order valence-electron chi connectivity index (χ3n) is 6.21. The number of fused-ring (bicyclic) bond motifs is 1. The molecule has 3 N–H and O–H groups in total. The van der Waals surface area contributed by atoms with Gasteiger partial charge in [-0.3, -0.25) is 9.36 Å². The third-order valence-corrected chi connectivity index (χ3v) is 6.21. The number of halogens is 2. The number of ether oxygens (including phenoxy) is 1. The third kappa shape index (κ3) is 5.56. The van der Waals surface area contributed by atoms with E-state index in [4.69, 9.17) is 10.5 Å². The van der Waals surface area contributed by atoms with E-state index < -0.39 is 23.2 Å². The average molecular weight is 554 g/mol. The van der Waals surface area contributed by atoms with Gasteiger partial charge in [0.15, 0.2) is 5.82 Å². The van der Waals surface area contributed by atoms with Gasteiger partial charge in [0.25, 0.3) is 5.56 Å². The standard InChI is InChI=1S/C28H21F2N9O2/c29-19-10-20(30)12-21(11-19)39-27(37-38-8-6-18(13-31)24(38)28(39)40)23(7-9-41-15-17-4-2-1-3-5-17)36-26-22(14-32)25(33)34-16-35-26/h1-6,8,10-12,16,23H,7,9,15H2,(H3,33,34,35,36)/t23-/m0/s1. The van der Waals surface area contributed by atoms with Gasteiger partial charge in [-0.1, -0.05) is 30.3 Å². The van der Waals surface area contributed by atoms with Crippen LogP contribution in [0.5, 0.6) is 0 Å². The summed E-state index contributed by atoms with van der Waals surface area (Å²) in [6, 6.07) is 16.5. The van der Waals surface area contributed by atoms with Crippen molar-refractivity contribution in [1.29, 1.82) is 10.5 Å². The minimum Gasteiger partial charge on any atom is -0.382 e. The van der Waals surface area contributed by atoms with Crippen molar-refractivity contribution in [3.63, 3.8) is 0 Å². The minimum atomic E-state index is -0.917. The van der Waals surface area contributed by atoms with Gasteiger partial charge in [0.2, 0.25) is 0 Å². The Labute approximate surface area is 231 Å². The molecule has 5 aromatic rings. The number of nitrogens with zero attached hydrogens (tertiary/aromatic N) is 7. The maximum atomic E-state index is 14.3. The zero-order chi connectivity index (χ0) is 28.9. The van der Waals surface area contributed by atoms with Crippen molar-refractivity contribution >= 4 is 17.2 Å². The number of nitrogens with one attached hydrogen (secondary N) is 1. The fourth-order valence-electron chi connectivity index (χ4n) is 4.33. The Balaban J connectivity index is 1.64. The number of hydrogen-bond acceptors (Lipinski definition) is 9. The largest absolute Gasteiger partial charge is 0.382 e. The summed E-state index contributed by atoms with van der Waals surface area (Å²) in [5, 5.41) is 26.9. The van der Waals surface area contributed by atoms with Crippen molar-refractivity contribution in [1.82, 2.24) is 24.1 Å².